The van der Waals surface area contributed by atoms with Crippen molar-refractivity contribution >= 4 is 16.9 Å². The Hall–Kier alpha value is -3.32. The van der Waals surface area contributed by atoms with Crippen LogP contribution >= 0.6 is 0 Å². The Morgan fingerprint density at radius 3 is 2.75 bits per heavy atom. The van der Waals surface area contributed by atoms with Crippen molar-refractivity contribution in [1.82, 2.24) is 20.0 Å². The second kappa shape index (κ2) is 7.01. The molecule has 1 aliphatic heterocycles. The van der Waals surface area contributed by atoms with Gasteiger partial charge in [0.05, 0.1) is 12.5 Å². The Balaban J connectivity index is 1.27. The Kier molecular flexibility index (Phi) is 4.21. The highest BCUT2D eigenvalue weighted by Crippen LogP contribution is 2.29. The number of hydrogen-bond donors (Lipinski definition) is 1. The molecule has 7 heteroatoms. The van der Waals surface area contributed by atoms with Crippen molar-refractivity contribution in [2.75, 3.05) is 26.2 Å². The molecule has 0 atom stereocenters. The van der Waals surface area contributed by atoms with Crippen LogP contribution in [-0.4, -0.2) is 52.1 Å². The van der Waals surface area contributed by atoms with Crippen molar-refractivity contribution in [3.8, 4) is 11.5 Å². The quantitative estimate of drug-likeness (QED) is 0.591. The molecule has 5 rings (SSSR count). The largest absolute Gasteiger partial charge is 0.459 e. The van der Waals surface area contributed by atoms with Crippen LogP contribution in [0, 0.1) is 0 Å². The smallest absolute Gasteiger partial charge is 0.289 e. The number of H-pyrrole nitrogens is 1. The van der Waals surface area contributed by atoms with E-state index < -0.39 is 0 Å². The Labute approximate surface area is 161 Å². The zero-order valence-electron chi connectivity index (χ0n) is 15.3. The van der Waals surface area contributed by atoms with Gasteiger partial charge in [0.2, 0.25) is 0 Å². The highest BCUT2D eigenvalue weighted by atomic mass is 16.3. The van der Waals surface area contributed by atoms with E-state index >= 15 is 0 Å². The number of carbonyl (C=O) groups is 1. The van der Waals surface area contributed by atoms with Crippen LogP contribution in [0.2, 0.25) is 0 Å². The van der Waals surface area contributed by atoms with Gasteiger partial charge >= 0.3 is 0 Å². The van der Waals surface area contributed by atoms with Crippen LogP contribution in [0.25, 0.3) is 22.4 Å². The first-order chi connectivity index (χ1) is 13.8. The van der Waals surface area contributed by atoms with Crippen LogP contribution in [0.4, 0.5) is 0 Å². The predicted molar refractivity (Wildman–Crippen MR) is 104 cm³/mol. The summed E-state index contributed by atoms with van der Waals surface area (Å²) in [5.74, 6) is 1.15. The zero-order valence-corrected chi connectivity index (χ0v) is 15.3. The monoisotopic (exact) mass is 376 g/mol. The number of nitrogens with one attached hydrogen (secondary N) is 1. The second-order valence-corrected chi connectivity index (χ2v) is 6.96. The van der Waals surface area contributed by atoms with E-state index in [0.29, 0.717) is 18.8 Å². The molecule has 0 spiro atoms. The lowest BCUT2D eigenvalue weighted by atomic mass is 10.1. The number of carbonyl (C=O) groups excluding carboxylic acids is 1. The first kappa shape index (κ1) is 16.8. The summed E-state index contributed by atoms with van der Waals surface area (Å²) in [6.07, 6.45) is 3.38. The zero-order chi connectivity index (χ0) is 18.9. The fraction of sp³-hybridized carbons (Fsp3) is 0.238. The minimum Gasteiger partial charge on any atom is -0.459 e. The maximum Gasteiger partial charge on any atom is 0.289 e. The van der Waals surface area contributed by atoms with Gasteiger partial charge < -0.3 is 13.7 Å². The number of fused-ring (bicyclic) bond motifs is 1. The van der Waals surface area contributed by atoms with Gasteiger partial charge in [-0.3, -0.25) is 14.8 Å². The Morgan fingerprint density at radius 1 is 1.11 bits per heavy atom. The summed E-state index contributed by atoms with van der Waals surface area (Å²) >= 11 is 0. The van der Waals surface area contributed by atoms with E-state index in [4.69, 9.17) is 8.83 Å². The summed E-state index contributed by atoms with van der Waals surface area (Å²) in [5.41, 5.74) is 2.86. The van der Waals surface area contributed by atoms with Crippen molar-refractivity contribution in [3.05, 3.63) is 66.2 Å². The van der Waals surface area contributed by atoms with E-state index in [-0.39, 0.29) is 5.91 Å². The molecular formula is C21H20N4O3. The van der Waals surface area contributed by atoms with Gasteiger partial charge in [0, 0.05) is 43.7 Å². The van der Waals surface area contributed by atoms with Gasteiger partial charge in [0.25, 0.3) is 5.91 Å². The van der Waals surface area contributed by atoms with E-state index in [9.17, 15) is 4.79 Å². The fourth-order valence-electron chi connectivity index (χ4n) is 3.66. The fourth-order valence-corrected chi connectivity index (χ4v) is 3.66. The maximum atomic E-state index is 12.4. The first-order valence-corrected chi connectivity index (χ1v) is 9.34. The van der Waals surface area contributed by atoms with Crippen LogP contribution in [0.15, 0.2) is 63.8 Å². The number of nitrogens with zero attached hydrogens (tertiary/aromatic N) is 3. The highest BCUT2D eigenvalue weighted by Gasteiger charge is 2.24. The normalized spacial score (nSPS) is 15.4. The lowest BCUT2D eigenvalue weighted by Gasteiger charge is -2.34. The molecule has 3 aromatic heterocycles. The third kappa shape index (κ3) is 3.10. The molecule has 1 N–H and O–H groups in total. The molecule has 4 heterocycles. The summed E-state index contributed by atoms with van der Waals surface area (Å²) in [4.78, 5) is 16.6. The summed E-state index contributed by atoms with van der Waals surface area (Å²) in [6, 6.07) is 13.4. The molecule has 1 saturated heterocycles. The Morgan fingerprint density at radius 2 is 1.96 bits per heavy atom. The van der Waals surface area contributed by atoms with Gasteiger partial charge in [0.15, 0.2) is 11.5 Å². The standard InChI is InChI=1S/C21H20N4O3/c26-21(18-6-3-11-27-18)25-9-7-24(8-10-25)14-16-13-22-23-20(16)19-12-15-4-1-2-5-17(15)28-19/h1-6,11-13H,7-10,14H2,(H,22,23). The molecular weight excluding hydrogens is 356 g/mol. The first-order valence-electron chi connectivity index (χ1n) is 9.34. The number of aromatic amines is 1. The molecule has 4 aromatic rings. The minimum atomic E-state index is -0.0454. The van der Waals surface area contributed by atoms with Gasteiger partial charge in [0.1, 0.15) is 11.3 Å². The SMILES string of the molecule is O=C(c1ccco1)N1CCN(Cc2cn[nH]c2-c2cc3ccccc3o2)CC1. The minimum absolute atomic E-state index is 0.0454. The number of rotatable bonds is 4. The van der Waals surface area contributed by atoms with Gasteiger partial charge in [-0.05, 0) is 24.3 Å². The number of furan rings is 2. The van der Waals surface area contributed by atoms with Crippen LogP contribution in [0.5, 0.6) is 0 Å². The third-order valence-electron chi connectivity index (χ3n) is 5.18. The second-order valence-electron chi connectivity index (χ2n) is 6.96. The number of amides is 1. The molecule has 1 amide bonds. The number of para-hydroxylation sites is 1. The van der Waals surface area contributed by atoms with Crippen molar-refractivity contribution < 1.29 is 13.6 Å². The van der Waals surface area contributed by atoms with Gasteiger partial charge in [-0.15, -0.1) is 0 Å². The molecule has 1 aliphatic rings. The third-order valence-corrected chi connectivity index (χ3v) is 5.18. The topological polar surface area (TPSA) is 78.5 Å². The van der Waals surface area contributed by atoms with E-state index in [1.54, 1.807) is 12.1 Å². The van der Waals surface area contributed by atoms with E-state index in [0.717, 1.165) is 47.6 Å². The highest BCUT2D eigenvalue weighted by molar-refractivity contribution is 5.91. The van der Waals surface area contributed by atoms with Crippen LogP contribution < -0.4 is 0 Å². The van der Waals surface area contributed by atoms with Crippen molar-refractivity contribution in [3.63, 3.8) is 0 Å². The molecule has 0 aliphatic carbocycles. The number of aromatic nitrogens is 2. The van der Waals surface area contributed by atoms with Gasteiger partial charge in [-0.1, -0.05) is 18.2 Å². The van der Waals surface area contributed by atoms with Crippen LogP contribution in [-0.2, 0) is 6.54 Å². The predicted octanol–water partition coefficient (Wildman–Crippen LogP) is 3.37. The van der Waals surface area contributed by atoms with Crippen molar-refractivity contribution in [2.24, 2.45) is 0 Å². The summed E-state index contributed by atoms with van der Waals surface area (Å²) in [6.45, 7) is 3.72. The number of benzene rings is 1. The lowest BCUT2D eigenvalue weighted by molar-refractivity contribution is 0.0598. The molecule has 1 fully saturated rings. The van der Waals surface area contributed by atoms with E-state index in [1.807, 2.05) is 41.4 Å². The summed E-state index contributed by atoms with van der Waals surface area (Å²) in [5, 5.41) is 8.37. The summed E-state index contributed by atoms with van der Waals surface area (Å²) < 4.78 is 11.2. The molecule has 0 radical (unpaired) electrons. The number of piperazine rings is 1. The average Bonchev–Trinajstić information content (AvgIpc) is 3.47. The van der Waals surface area contributed by atoms with Gasteiger partial charge in [-0.2, -0.15) is 5.10 Å². The molecule has 1 aromatic carbocycles. The van der Waals surface area contributed by atoms with Crippen molar-refractivity contribution in [2.45, 2.75) is 6.54 Å². The molecule has 7 nitrogen and oxygen atoms in total. The van der Waals surface area contributed by atoms with E-state index in [1.165, 1.54) is 6.26 Å². The molecule has 0 unspecified atom stereocenters. The van der Waals surface area contributed by atoms with Crippen LogP contribution in [0.3, 0.4) is 0 Å². The molecule has 0 bridgehead atoms. The van der Waals surface area contributed by atoms with E-state index in [2.05, 4.69) is 15.1 Å². The maximum absolute atomic E-state index is 12.4. The van der Waals surface area contributed by atoms with Crippen molar-refractivity contribution in [1.29, 1.82) is 0 Å². The molecule has 142 valence electrons. The average molecular weight is 376 g/mol. The number of hydrogen-bond acceptors (Lipinski definition) is 5. The van der Waals surface area contributed by atoms with Gasteiger partial charge in [-0.25, -0.2) is 0 Å². The van der Waals surface area contributed by atoms with Crippen LogP contribution in [0.1, 0.15) is 16.1 Å². The summed E-state index contributed by atoms with van der Waals surface area (Å²) in [7, 11) is 0. The lowest BCUT2D eigenvalue weighted by Crippen LogP contribution is -2.48. The Bertz CT molecular complexity index is 1050. The molecule has 0 saturated carbocycles. The molecule has 28 heavy (non-hydrogen) atoms.